The number of carbonyl (C=O) groups is 2. The van der Waals surface area contributed by atoms with Gasteiger partial charge in [0.25, 0.3) is 0 Å². The summed E-state index contributed by atoms with van der Waals surface area (Å²) in [6, 6.07) is 0. The average Bonchev–Trinajstić information content (AvgIpc) is 2.09. The molecule has 0 radical (unpaired) electrons. The summed E-state index contributed by atoms with van der Waals surface area (Å²) in [5.74, 6) is -0.273. The van der Waals surface area contributed by atoms with Crippen molar-refractivity contribution in [2.75, 3.05) is 6.61 Å². The van der Waals surface area contributed by atoms with E-state index in [-0.39, 0.29) is 5.97 Å². The standard InChI is InChI=1S/C10H14O3/c1-10(12)13-9-7-5-3-2-4-6-8-11/h4-8H,2-3,9H2,1H3/b6-4+,7-5+. The first-order valence-corrected chi connectivity index (χ1v) is 4.16. The van der Waals surface area contributed by atoms with Crippen molar-refractivity contribution < 1.29 is 14.3 Å². The van der Waals surface area contributed by atoms with Crippen LogP contribution in [0.1, 0.15) is 19.8 Å². The molecule has 13 heavy (non-hydrogen) atoms. The zero-order chi connectivity index (χ0) is 9.94. The molecule has 0 aliphatic carbocycles. The zero-order valence-corrected chi connectivity index (χ0v) is 7.73. The number of unbranched alkanes of at least 4 members (excludes halogenated alkanes) is 1. The first-order chi connectivity index (χ1) is 6.27. The summed E-state index contributed by atoms with van der Waals surface area (Å²) in [5, 5.41) is 0. The zero-order valence-electron chi connectivity index (χ0n) is 7.73. The Hall–Kier alpha value is -1.38. The molecule has 0 saturated heterocycles. The maximum Gasteiger partial charge on any atom is 0.302 e. The number of esters is 1. The fraction of sp³-hybridized carbons (Fsp3) is 0.400. The van der Waals surface area contributed by atoms with E-state index in [1.807, 2.05) is 6.08 Å². The summed E-state index contributed by atoms with van der Waals surface area (Å²) in [4.78, 5) is 20.2. The highest BCUT2D eigenvalue weighted by atomic mass is 16.5. The summed E-state index contributed by atoms with van der Waals surface area (Å²) in [6.45, 7) is 1.70. The quantitative estimate of drug-likeness (QED) is 0.206. The summed E-state index contributed by atoms with van der Waals surface area (Å²) < 4.78 is 4.67. The van der Waals surface area contributed by atoms with Crippen LogP contribution < -0.4 is 0 Å². The second-order valence-electron chi connectivity index (χ2n) is 2.42. The predicted octanol–water partition coefficient (Wildman–Crippen LogP) is 1.64. The van der Waals surface area contributed by atoms with Crippen LogP contribution in [0.5, 0.6) is 0 Å². The second-order valence-corrected chi connectivity index (χ2v) is 2.42. The molecule has 0 aliphatic rings. The van der Waals surface area contributed by atoms with Gasteiger partial charge in [-0.2, -0.15) is 0 Å². The van der Waals surface area contributed by atoms with Crippen LogP contribution in [-0.2, 0) is 14.3 Å². The van der Waals surface area contributed by atoms with Gasteiger partial charge < -0.3 is 4.74 Å². The lowest BCUT2D eigenvalue weighted by molar-refractivity contribution is -0.139. The number of carbonyl (C=O) groups excluding carboxylic acids is 2. The van der Waals surface area contributed by atoms with E-state index in [0.717, 1.165) is 19.1 Å². The molecule has 0 bridgehead atoms. The third kappa shape index (κ3) is 10.6. The van der Waals surface area contributed by atoms with Gasteiger partial charge >= 0.3 is 5.97 Å². The van der Waals surface area contributed by atoms with Crippen LogP contribution in [0.4, 0.5) is 0 Å². The van der Waals surface area contributed by atoms with Crippen LogP contribution in [0.2, 0.25) is 0 Å². The van der Waals surface area contributed by atoms with Gasteiger partial charge in [-0.3, -0.25) is 9.59 Å². The predicted molar refractivity (Wildman–Crippen MR) is 50.2 cm³/mol. The number of rotatable bonds is 6. The first-order valence-electron chi connectivity index (χ1n) is 4.16. The Balaban J connectivity index is 3.26. The van der Waals surface area contributed by atoms with Crippen molar-refractivity contribution in [2.45, 2.75) is 19.8 Å². The van der Waals surface area contributed by atoms with Gasteiger partial charge in [0.1, 0.15) is 12.9 Å². The van der Waals surface area contributed by atoms with E-state index in [4.69, 9.17) is 0 Å². The van der Waals surface area contributed by atoms with Crippen molar-refractivity contribution >= 4 is 12.3 Å². The van der Waals surface area contributed by atoms with E-state index in [2.05, 4.69) is 4.74 Å². The lowest BCUT2D eigenvalue weighted by atomic mass is 10.3. The molecule has 0 aromatic heterocycles. The van der Waals surface area contributed by atoms with Gasteiger partial charge in [-0.25, -0.2) is 0 Å². The molecule has 0 unspecified atom stereocenters. The van der Waals surface area contributed by atoms with Gasteiger partial charge in [-0.05, 0) is 18.9 Å². The molecule has 0 saturated carbocycles. The minimum Gasteiger partial charge on any atom is -0.462 e. The van der Waals surface area contributed by atoms with Gasteiger partial charge in [-0.1, -0.05) is 18.2 Å². The van der Waals surface area contributed by atoms with Crippen LogP contribution in [0.15, 0.2) is 24.3 Å². The van der Waals surface area contributed by atoms with Crippen LogP contribution in [-0.4, -0.2) is 18.9 Å². The Kier molecular flexibility index (Phi) is 7.79. The van der Waals surface area contributed by atoms with Gasteiger partial charge in [0.15, 0.2) is 0 Å². The molecule has 0 amide bonds. The SMILES string of the molecule is CC(=O)OC/C=C/CC/C=C/C=O. The summed E-state index contributed by atoms with van der Waals surface area (Å²) in [5.41, 5.74) is 0. The summed E-state index contributed by atoms with van der Waals surface area (Å²) in [6.07, 6.45) is 9.40. The largest absolute Gasteiger partial charge is 0.462 e. The fourth-order valence-corrected chi connectivity index (χ4v) is 0.696. The highest BCUT2D eigenvalue weighted by Crippen LogP contribution is 1.92. The molecule has 0 N–H and O–H groups in total. The highest BCUT2D eigenvalue weighted by molar-refractivity contribution is 5.66. The first kappa shape index (κ1) is 11.6. The molecule has 72 valence electrons. The van der Waals surface area contributed by atoms with Gasteiger partial charge in [-0.15, -0.1) is 0 Å². The number of hydrogen-bond donors (Lipinski definition) is 0. The second kappa shape index (κ2) is 8.71. The maximum absolute atomic E-state index is 10.3. The number of allylic oxidation sites excluding steroid dienone is 3. The molecule has 0 aliphatic heterocycles. The van der Waals surface area contributed by atoms with Crippen LogP contribution in [0.25, 0.3) is 0 Å². The van der Waals surface area contributed by atoms with Crippen molar-refractivity contribution in [1.82, 2.24) is 0 Å². The van der Waals surface area contributed by atoms with E-state index >= 15 is 0 Å². The minimum atomic E-state index is -0.273. The molecular formula is C10H14O3. The molecule has 3 nitrogen and oxygen atoms in total. The van der Waals surface area contributed by atoms with E-state index in [9.17, 15) is 9.59 Å². The molecule has 0 aromatic carbocycles. The van der Waals surface area contributed by atoms with Crippen LogP contribution in [0.3, 0.4) is 0 Å². The molecule has 0 aromatic rings. The minimum absolute atomic E-state index is 0.273. The third-order valence-electron chi connectivity index (χ3n) is 1.26. The molecular weight excluding hydrogens is 168 g/mol. The van der Waals surface area contributed by atoms with Crippen LogP contribution in [0, 0.1) is 0 Å². The van der Waals surface area contributed by atoms with Crippen molar-refractivity contribution in [2.24, 2.45) is 0 Å². The van der Waals surface area contributed by atoms with Crippen molar-refractivity contribution in [3.05, 3.63) is 24.3 Å². The van der Waals surface area contributed by atoms with Crippen molar-refractivity contribution in [1.29, 1.82) is 0 Å². The van der Waals surface area contributed by atoms with Gasteiger partial charge in [0.05, 0.1) is 0 Å². The molecule has 0 rings (SSSR count). The average molecular weight is 182 g/mol. The van der Waals surface area contributed by atoms with Gasteiger partial charge in [0.2, 0.25) is 0 Å². The van der Waals surface area contributed by atoms with E-state index < -0.39 is 0 Å². The fourth-order valence-electron chi connectivity index (χ4n) is 0.696. The molecule has 3 heteroatoms. The highest BCUT2D eigenvalue weighted by Gasteiger charge is 1.85. The Morgan fingerprint density at radius 1 is 1.23 bits per heavy atom. The van der Waals surface area contributed by atoms with E-state index in [1.165, 1.54) is 13.0 Å². The Morgan fingerprint density at radius 3 is 2.54 bits per heavy atom. The topological polar surface area (TPSA) is 43.4 Å². The lowest BCUT2D eigenvalue weighted by Crippen LogP contribution is -1.97. The van der Waals surface area contributed by atoms with Gasteiger partial charge in [0, 0.05) is 6.92 Å². The normalized spacial score (nSPS) is 10.8. The lowest BCUT2D eigenvalue weighted by Gasteiger charge is -1.93. The van der Waals surface area contributed by atoms with E-state index in [1.54, 1.807) is 12.2 Å². The maximum atomic E-state index is 10.3. The molecule has 0 atom stereocenters. The smallest absolute Gasteiger partial charge is 0.302 e. The van der Waals surface area contributed by atoms with Crippen LogP contribution >= 0.6 is 0 Å². The van der Waals surface area contributed by atoms with Crippen molar-refractivity contribution in [3.63, 3.8) is 0 Å². The number of hydrogen-bond acceptors (Lipinski definition) is 3. The van der Waals surface area contributed by atoms with E-state index in [0.29, 0.717) is 6.61 Å². The molecule has 0 fully saturated rings. The molecule has 0 spiro atoms. The summed E-state index contributed by atoms with van der Waals surface area (Å²) >= 11 is 0. The summed E-state index contributed by atoms with van der Waals surface area (Å²) in [7, 11) is 0. The third-order valence-corrected chi connectivity index (χ3v) is 1.26. The molecule has 0 heterocycles. The Bertz CT molecular complexity index is 204. The monoisotopic (exact) mass is 182 g/mol. The van der Waals surface area contributed by atoms with Crippen molar-refractivity contribution in [3.8, 4) is 0 Å². The number of ether oxygens (including phenoxy) is 1. The Morgan fingerprint density at radius 2 is 1.92 bits per heavy atom. The number of aldehydes is 1. The Labute approximate surface area is 78.1 Å².